The lowest BCUT2D eigenvalue weighted by molar-refractivity contribution is -0.385. The Morgan fingerprint density at radius 3 is 2.21 bits per heavy atom. The predicted octanol–water partition coefficient (Wildman–Crippen LogP) is 2.06. The van der Waals surface area contributed by atoms with Crippen LogP contribution in [0.4, 0.5) is 11.4 Å². The van der Waals surface area contributed by atoms with E-state index in [2.05, 4.69) is 9.47 Å². The highest BCUT2D eigenvalue weighted by Crippen LogP contribution is 2.28. The van der Waals surface area contributed by atoms with E-state index in [0.717, 1.165) is 17.5 Å². The fourth-order valence-corrected chi connectivity index (χ4v) is 3.88. The average molecular weight is 422 g/mol. The summed E-state index contributed by atoms with van der Waals surface area (Å²) in [7, 11) is -2.05. The molecule has 0 heterocycles. The number of nitro benzene ring substituents is 1. The monoisotopic (exact) mass is 422 g/mol. The van der Waals surface area contributed by atoms with Gasteiger partial charge in [0, 0.05) is 11.6 Å². The number of rotatable bonds is 7. The molecule has 0 radical (unpaired) electrons. The topological polar surface area (TPSA) is 133 Å². The first-order valence-corrected chi connectivity index (χ1v) is 9.58. The van der Waals surface area contributed by atoms with Gasteiger partial charge in [0.05, 0.1) is 35.3 Å². The van der Waals surface area contributed by atoms with Crippen molar-refractivity contribution in [1.29, 1.82) is 0 Å². The molecule has 0 spiro atoms. The van der Waals surface area contributed by atoms with Crippen LogP contribution < -0.4 is 4.31 Å². The highest BCUT2D eigenvalue weighted by Gasteiger charge is 2.29. The van der Waals surface area contributed by atoms with Crippen molar-refractivity contribution in [1.82, 2.24) is 0 Å². The van der Waals surface area contributed by atoms with Gasteiger partial charge in [0.2, 0.25) is 0 Å². The summed E-state index contributed by atoms with van der Waals surface area (Å²) in [6.07, 6.45) is 0. The number of sulfonamides is 1. The molecule has 0 unspecified atom stereocenters. The standard InChI is InChI=1S/C18H18N2O8S/c1-12-4-9-15(10-16(12)20(23)24)29(25,26)19(11-17(21)27-2)14-7-5-13(6-8-14)18(22)28-3/h4-10H,11H2,1-3H3. The molecule has 0 aliphatic rings. The van der Waals surface area contributed by atoms with Crippen molar-refractivity contribution in [2.45, 2.75) is 11.8 Å². The van der Waals surface area contributed by atoms with Crippen LogP contribution >= 0.6 is 0 Å². The molecule has 0 saturated carbocycles. The van der Waals surface area contributed by atoms with Gasteiger partial charge in [-0.15, -0.1) is 0 Å². The van der Waals surface area contributed by atoms with E-state index in [1.807, 2.05) is 0 Å². The minimum atomic E-state index is -4.36. The van der Waals surface area contributed by atoms with Gasteiger partial charge in [-0.1, -0.05) is 6.07 Å². The lowest BCUT2D eigenvalue weighted by Crippen LogP contribution is -2.36. The van der Waals surface area contributed by atoms with Crippen molar-refractivity contribution < 1.29 is 32.4 Å². The van der Waals surface area contributed by atoms with Crippen LogP contribution in [0.25, 0.3) is 0 Å². The maximum atomic E-state index is 13.1. The minimum absolute atomic E-state index is 0.0614. The zero-order valence-corrected chi connectivity index (χ0v) is 16.6. The summed E-state index contributed by atoms with van der Waals surface area (Å²) in [5, 5.41) is 11.2. The fourth-order valence-electron chi connectivity index (χ4n) is 2.45. The smallest absolute Gasteiger partial charge is 0.337 e. The molecule has 29 heavy (non-hydrogen) atoms. The molecular formula is C18H18N2O8S. The number of carbonyl (C=O) groups is 2. The number of nitrogens with zero attached hydrogens (tertiary/aromatic N) is 2. The van der Waals surface area contributed by atoms with Crippen LogP contribution in [0.1, 0.15) is 15.9 Å². The van der Waals surface area contributed by atoms with Crippen LogP contribution in [0.3, 0.4) is 0 Å². The van der Waals surface area contributed by atoms with E-state index in [0.29, 0.717) is 0 Å². The Balaban J connectivity index is 2.57. The maximum absolute atomic E-state index is 13.1. The van der Waals surface area contributed by atoms with E-state index in [1.54, 1.807) is 0 Å². The van der Waals surface area contributed by atoms with Gasteiger partial charge in [0.1, 0.15) is 6.54 Å². The maximum Gasteiger partial charge on any atom is 0.337 e. The summed E-state index contributed by atoms with van der Waals surface area (Å²) in [4.78, 5) is 33.5. The summed E-state index contributed by atoms with van der Waals surface area (Å²) in [5.41, 5.74) is 0.157. The summed E-state index contributed by atoms with van der Waals surface area (Å²) >= 11 is 0. The van der Waals surface area contributed by atoms with Gasteiger partial charge in [-0.3, -0.25) is 19.2 Å². The number of methoxy groups -OCH3 is 2. The first-order valence-electron chi connectivity index (χ1n) is 8.14. The summed E-state index contributed by atoms with van der Waals surface area (Å²) in [6.45, 7) is 0.810. The Morgan fingerprint density at radius 1 is 1.07 bits per heavy atom. The van der Waals surface area contributed by atoms with Crippen molar-refractivity contribution >= 4 is 33.3 Å². The highest BCUT2D eigenvalue weighted by molar-refractivity contribution is 7.92. The quantitative estimate of drug-likeness (QED) is 0.376. The number of nitro groups is 1. The Kier molecular flexibility index (Phi) is 6.54. The minimum Gasteiger partial charge on any atom is -0.468 e. The normalized spacial score (nSPS) is 10.9. The molecule has 2 aromatic carbocycles. The Morgan fingerprint density at radius 2 is 1.69 bits per heavy atom. The third-order valence-corrected chi connectivity index (χ3v) is 5.81. The molecule has 0 bridgehead atoms. The lowest BCUT2D eigenvalue weighted by atomic mass is 10.2. The van der Waals surface area contributed by atoms with E-state index in [4.69, 9.17) is 0 Å². The number of esters is 2. The highest BCUT2D eigenvalue weighted by atomic mass is 32.2. The number of aryl methyl sites for hydroxylation is 1. The number of hydrogen-bond acceptors (Lipinski definition) is 8. The van der Waals surface area contributed by atoms with E-state index in [-0.39, 0.29) is 27.4 Å². The molecule has 11 heteroatoms. The molecule has 0 fully saturated rings. The zero-order chi connectivity index (χ0) is 21.8. The Labute approximate surface area is 166 Å². The molecule has 0 aliphatic carbocycles. The second-order valence-electron chi connectivity index (χ2n) is 5.83. The molecule has 0 N–H and O–H groups in total. The SMILES string of the molecule is COC(=O)CN(c1ccc(C(=O)OC)cc1)S(=O)(=O)c1ccc(C)c([N+](=O)[O-])c1. The summed E-state index contributed by atoms with van der Waals surface area (Å²) in [5.74, 6) is -1.46. The van der Waals surface area contributed by atoms with Crippen LogP contribution in [-0.4, -0.2) is 46.0 Å². The summed E-state index contributed by atoms with van der Waals surface area (Å²) < 4.78 is 36.2. The van der Waals surface area contributed by atoms with Crippen molar-refractivity contribution in [3.8, 4) is 0 Å². The number of carbonyl (C=O) groups excluding carboxylic acids is 2. The van der Waals surface area contributed by atoms with E-state index in [9.17, 15) is 28.1 Å². The molecule has 0 amide bonds. The van der Waals surface area contributed by atoms with Gasteiger partial charge in [-0.2, -0.15) is 0 Å². The molecule has 0 aliphatic heterocycles. The van der Waals surface area contributed by atoms with Gasteiger partial charge in [0.25, 0.3) is 15.7 Å². The van der Waals surface area contributed by atoms with Crippen molar-refractivity contribution in [3.05, 3.63) is 63.7 Å². The molecule has 2 aromatic rings. The fraction of sp³-hybridized carbons (Fsp3) is 0.222. The second kappa shape index (κ2) is 8.69. The van der Waals surface area contributed by atoms with Crippen LogP contribution in [0.2, 0.25) is 0 Å². The number of benzene rings is 2. The Bertz CT molecular complexity index is 1050. The second-order valence-corrected chi connectivity index (χ2v) is 7.69. The van der Waals surface area contributed by atoms with E-state index < -0.39 is 33.4 Å². The van der Waals surface area contributed by atoms with Gasteiger partial charge < -0.3 is 9.47 Å². The number of ether oxygens (including phenoxy) is 2. The molecule has 0 saturated heterocycles. The largest absolute Gasteiger partial charge is 0.468 e. The Hall–Kier alpha value is -3.47. The third-order valence-electron chi connectivity index (χ3n) is 4.04. The van der Waals surface area contributed by atoms with Gasteiger partial charge >= 0.3 is 11.9 Å². The van der Waals surface area contributed by atoms with Crippen molar-refractivity contribution in [3.63, 3.8) is 0 Å². The predicted molar refractivity (Wildman–Crippen MR) is 102 cm³/mol. The van der Waals surface area contributed by atoms with Gasteiger partial charge in [-0.25, -0.2) is 13.2 Å². The molecule has 0 aromatic heterocycles. The van der Waals surface area contributed by atoms with Gasteiger partial charge in [-0.05, 0) is 37.3 Å². The average Bonchev–Trinajstić information content (AvgIpc) is 2.71. The van der Waals surface area contributed by atoms with E-state index in [1.165, 1.54) is 50.4 Å². The van der Waals surface area contributed by atoms with Crippen molar-refractivity contribution in [2.75, 3.05) is 25.1 Å². The lowest BCUT2D eigenvalue weighted by Gasteiger charge is -2.23. The first kappa shape index (κ1) is 21.8. The van der Waals surface area contributed by atoms with Crippen LogP contribution in [0, 0.1) is 17.0 Å². The molecule has 154 valence electrons. The first-order chi connectivity index (χ1) is 13.6. The molecule has 0 atom stereocenters. The van der Waals surface area contributed by atoms with E-state index >= 15 is 0 Å². The summed E-state index contributed by atoms with van der Waals surface area (Å²) in [6, 6.07) is 8.74. The van der Waals surface area contributed by atoms with Crippen molar-refractivity contribution in [2.24, 2.45) is 0 Å². The van der Waals surface area contributed by atoms with Crippen LogP contribution in [0.15, 0.2) is 47.4 Å². The van der Waals surface area contributed by atoms with Gasteiger partial charge in [0.15, 0.2) is 0 Å². The molecular weight excluding hydrogens is 404 g/mol. The van der Waals surface area contributed by atoms with Crippen LogP contribution in [-0.2, 0) is 24.3 Å². The number of hydrogen-bond donors (Lipinski definition) is 0. The third kappa shape index (κ3) is 4.69. The number of anilines is 1. The van der Waals surface area contributed by atoms with Crippen LogP contribution in [0.5, 0.6) is 0 Å². The molecule has 2 rings (SSSR count). The molecule has 10 nitrogen and oxygen atoms in total. The zero-order valence-electron chi connectivity index (χ0n) is 15.8.